The topological polar surface area (TPSA) is 29.1 Å². The molecule has 1 unspecified atom stereocenters. The average Bonchev–Trinajstić information content (AvgIpc) is 2.67. The molecule has 0 aliphatic heterocycles. The minimum absolute atomic E-state index is 0.207. The van der Waals surface area contributed by atoms with Crippen LogP contribution in [0.5, 0.6) is 0 Å². The summed E-state index contributed by atoms with van der Waals surface area (Å²) >= 11 is 3.37. The Kier molecular flexibility index (Phi) is 3.37. The molecule has 0 aromatic heterocycles. The van der Waals surface area contributed by atoms with E-state index in [1.54, 1.807) is 0 Å². The van der Waals surface area contributed by atoms with Crippen molar-refractivity contribution in [1.29, 1.82) is 0 Å². The molecule has 3 heteroatoms. The molecule has 1 atom stereocenters. The van der Waals surface area contributed by atoms with Gasteiger partial charge in [0, 0.05) is 17.8 Å². The molecule has 1 amide bonds. The lowest BCUT2D eigenvalue weighted by Crippen LogP contribution is -2.28. The van der Waals surface area contributed by atoms with Gasteiger partial charge in [-0.05, 0) is 18.8 Å². The molecule has 1 N–H and O–H groups in total. The normalized spacial score (nSPS) is 19.5. The van der Waals surface area contributed by atoms with E-state index in [0.717, 1.165) is 13.0 Å². The summed E-state index contributed by atoms with van der Waals surface area (Å²) < 4.78 is 0. The second-order valence-electron chi connectivity index (χ2n) is 3.23. The van der Waals surface area contributed by atoms with E-state index in [-0.39, 0.29) is 5.91 Å². The zero-order chi connectivity index (χ0) is 8.27. The summed E-state index contributed by atoms with van der Waals surface area (Å²) in [6, 6.07) is 0. The smallest absolute Gasteiger partial charge is 0.220 e. The molecule has 0 aromatic carbocycles. The first-order valence-electron chi connectivity index (χ1n) is 4.09. The van der Waals surface area contributed by atoms with Gasteiger partial charge in [0.1, 0.15) is 0 Å². The molecule has 0 saturated heterocycles. The van der Waals surface area contributed by atoms with Crippen molar-refractivity contribution in [2.24, 2.45) is 5.92 Å². The second kappa shape index (κ2) is 4.10. The summed E-state index contributed by atoms with van der Waals surface area (Å²) in [5.74, 6) is 0.902. The molecule has 11 heavy (non-hydrogen) atoms. The van der Waals surface area contributed by atoms with E-state index in [0.29, 0.717) is 10.7 Å². The van der Waals surface area contributed by atoms with Crippen LogP contribution in [0.1, 0.15) is 26.2 Å². The first kappa shape index (κ1) is 9.04. The average molecular weight is 220 g/mol. The predicted molar refractivity (Wildman–Crippen MR) is 48.7 cm³/mol. The zero-order valence-electron chi connectivity index (χ0n) is 6.77. The second-order valence-corrected chi connectivity index (χ2v) is 4.80. The Morgan fingerprint density at radius 1 is 1.73 bits per heavy atom. The largest absolute Gasteiger partial charge is 0.355 e. The molecule has 0 heterocycles. The van der Waals surface area contributed by atoms with Gasteiger partial charge in [-0.2, -0.15) is 0 Å². The Balaban J connectivity index is 2.00. The predicted octanol–water partition coefficient (Wildman–Crippen LogP) is 1.69. The van der Waals surface area contributed by atoms with Gasteiger partial charge in [0.25, 0.3) is 0 Å². The standard InChI is InChI=1S/C8H14BrNO/c1-6(9)5-10-8(11)4-7-2-3-7/h6-7H,2-5H2,1H3,(H,10,11). The summed E-state index contributed by atoms with van der Waals surface area (Å²) in [6.45, 7) is 2.77. The van der Waals surface area contributed by atoms with Gasteiger partial charge in [-0.3, -0.25) is 4.79 Å². The molecular formula is C8H14BrNO. The molecule has 64 valence electrons. The number of nitrogens with one attached hydrogen (secondary N) is 1. The van der Waals surface area contributed by atoms with Crippen LogP contribution in [0, 0.1) is 5.92 Å². The highest BCUT2D eigenvalue weighted by Gasteiger charge is 2.24. The Labute approximate surface area is 75.9 Å². The minimum Gasteiger partial charge on any atom is -0.355 e. The fourth-order valence-electron chi connectivity index (χ4n) is 0.911. The van der Waals surface area contributed by atoms with Crippen molar-refractivity contribution in [3.8, 4) is 0 Å². The molecular weight excluding hydrogens is 206 g/mol. The molecule has 1 aliphatic rings. The van der Waals surface area contributed by atoms with Gasteiger partial charge in [-0.15, -0.1) is 0 Å². The molecule has 0 radical (unpaired) electrons. The van der Waals surface area contributed by atoms with Crippen molar-refractivity contribution < 1.29 is 4.79 Å². The van der Waals surface area contributed by atoms with Gasteiger partial charge >= 0.3 is 0 Å². The first-order valence-corrected chi connectivity index (χ1v) is 5.01. The van der Waals surface area contributed by atoms with E-state index in [1.165, 1.54) is 12.8 Å². The zero-order valence-corrected chi connectivity index (χ0v) is 8.36. The van der Waals surface area contributed by atoms with E-state index in [4.69, 9.17) is 0 Å². The summed E-state index contributed by atoms with van der Waals surface area (Å²) in [5, 5.41) is 2.87. The van der Waals surface area contributed by atoms with Crippen LogP contribution < -0.4 is 5.32 Å². The lowest BCUT2D eigenvalue weighted by Gasteiger charge is -2.05. The monoisotopic (exact) mass is 219 g/mol. The third kappa shape index (κ3) is 4.40. The van der Waals surface area contributed by atoms with Crippen LogP contribution in [-0.4, -0.2) is 17.3 Å². The highest BCUT2D eigenvalue weighted by molar-refractivity contribution is 9.09. The number of amides is 1. The van der Waals surface area contributed by atoms with Crippen LogP contribution >= 0.6 is 15.9 Å². The molecule has 0 spiro atoms. The van der Waals surface area contributed by atoms with Gasteiger partial charge in [0.05, 0.1) is 0 Å². The van der Waals surface area contributed by atoms with Crippen molar-refractivity contribution in [1.82, 2.24) is 5.32 Å². The third-order valence-corrected chi connectivity index (χ3v) is 2.08. The van der Waals surface area contributed by atoms with E-state index < -0.39 is 0 Å². The molecule has 1 aliphatic carbocycles. The number of rotatable bonds is 4. The van der Waals surface area contributed by atoms with Gasteiger partial charge in [0.15, 0.2) is 0 Å². The summed E-state index contributed by atoms with van der Waals surface area (Å²) in [6.07, 6.45) is 3.23. The lowest BCUT2D eigenvalue weighted by molar-refractivity contribution is -0.121. The fourth-order valence-corrected chi connectivity index (χ4v) is 1.07. The van der Waals surface area contributed by atoms with Crippen molar-refractivity contribution >= 4 is 21.8 Å². The molecule has 0 bridgehead atoms. The van der Waals surface area contributed by atoms with Crippen LogP contribution in [0.2, 0.25) is 0 Å². The SMILES string of the molecule is CC(Br)CNC(=O)CC1CC1. The lowest BCUT2D eigenvalue weighted by atomic mass is 10.3. The molecule has 1 rings (SSSR count). The van der Waals surface area contributed by atoms with E-state index in [9.17, 15) is 4.79 Å². The number of hydrogen-bond donors (Lipinski definition) is 1. The van der Waals surface area contributed by atoms with Gasteiger partial charge in [-0.1, -0.05) is 22.9 Å². The maximum absolute atomic E-state index is 11.1. The number of alkyl halides is 1. The van der Waals surface area contributed by atoms with E-state index >= 15 is 0 Å². The molecule has 1 saturated carbocycles. The van der Waals surface area contributed by atoms with Gasteiger partial charge in [-0.25, -0.2) is 0 Å². The maximum atomic E-state index is 11.1. The summed E-state index contributed by atoms with van der Waals surface area (Å²) in [7, 11) is 0. The van der Waals surface area contributed by atoms with Gasteiger partial charge in [0.2, 0.25) is 5.91 Å². The van der Waals surface area contributed by atoms with E-state index in [2.05, 4.69) is 21.2 Å². The molecule has 2 nitrogen and oxygen atoms in total. The highest BCUT2D eigenvalue weighted by Crippen LogP contribution is 2.31. The Hall–Kier alpha value is -0.0500. The van der Waals surface area contributed by atoms with Crippen molar-refractivity contribution in [2.45, 2.75) is 31.0 Å². The third-order valence-electron chi connectivity index (χ3n) is 1.75. The Morgan fingerprint density at radius 3 is 2.82 bits per heavy atom. The van der Waals surface area contributed by atoms with Crippen molar-refractivity contribution in [3.05, 3.63) is 0 Å². The van der Waals surface area contributed by atoms with E-state index in [1.807, 2.05) is 6.92 Å². The van der Waals surface area contributed by atoms with Crippen molar-refractivity contribution in [2.75, 3.05) is 6.54 Å². The maximum Gasteiger partial charge on any atom is 0.220 e. The van der Waals surface area contributed by atoms with Crippen molar-refractivity contribution in [3.63, 3.8) is 0 Å². The Bertz CT molecular complexity index is 143. The number of hydrogen-bond acceptors (Lipinski definition) is 1. The highest BCUT2D eigenvalue weighted by atomic mass is 79.9. The Morgan fingerprint density at radius 2 is 2.36 bits per heavy atom. The number of carbonyl (C=O) groups is 1. The number of halogens is 1. The van der Waals surface area contributed by atoms with Gasteiger partial charge < -0.3 is 5.32 Å². The summed E-state index contributed by atoms with van der Waals surface area (Å²) in [4.78, 5) is 11.4. The van der Waals surface area contributed by atoms with Crippen LogP contribution in [0.3, 0.4) is 0 Å². The first-order chi connectivity index (χ1) is 5.18. The molecule has 0 aromatic rings. The van der Waals surface area contributed by atoms with Crippen LogP contribution in [-0.2, 0) is 4.79 Å². The van der Waals surface area contributed by atoms with Crippen LogP contribution in [0.4, 0.5) is 0 Å². The number of carbonyl (C=O) groups excluding carboxylic acids is 1. The van der Waals surface area contributed by atoms with Crippen LogP contribution in [0.25, 0.3) is 0 Å². The fraction of sp³-hybridized carbons (Fsp3) is 0.875. The molecule has 1 fully saturated rings. The minimum atomic E-state index is 0.207. The van der Waals surface area contributed by atoms with Crippen LogP contribution in [0.15, 0.2) is 0 Å². The summed E-state index contributed by atoms with van der Waals surface area (Å²) in [5.41, 5.74) is 0. The quantitative estimate of drug-likeness (QED) is 0.717.